The second-order valence-corrected chi connectivity index (χ2v) is 3.87. The molecule has 0 fully saturated rings. The van der Waals surface area contributed by atoms with Gasteiger partial charge >= 0.3 is 0 Å². The Balaban J connectivity index is 4.01. The molecule has 0 aliphatic carbocycles. The molecule has 68 valence electrons. The summed E-state index contributed by atoms with van der Waals surface area (Å²) in [6.07, 6.45) is 0. The SMILES string of the molecule is CCOC(C)(OCC)C(C)Br. The predicted molar refractivity (Wildman–Crippen MR) is 50.0 cm³/mol. The number of hydrogen-bond acceptors (Lipinski definition) is 2. The van der Waals surface area contributed by atoms with Gasteiger partial charge in [0, 0.05) is 13.2 Å². The Morgan fingerprint density at radius 2 is 1.64 bits per heavy atom. The zero-order chi connectivity index (χ0) is 8.91. The number of hydrogen-bond donors (Lipinski definition) is 0. The third kappa shape index (κ3) is 3.54. The van der Waals surface area contributed by atoms with Crippen molar-refractivity contribution in [1.82, 2.24) is 0 Å². The van der Waals surface area contributed by atoms with E-state index in [1.165, 1.54) is 0 Å². The van der Waals surface area contributed by atoms with Gasteiger partial charge in [0.25, 0.3) is 0 Å². The van der Waals surface area contributed by atoms with Crippen LogP contribution in [0.15, 0.2) is 0 Å². The van der Waals surface area contributed by atoms with E-state index in [1.54, 1.807) is 0 Å². The molecule has 0 amide bonds. The summed E-state index contributed by atoms with van der Waals surface area (Å²) in [4.78, 5) is 0.204. The van der Waals surface area contributed by atoms with Gasteiger partial charge in [0.05, 0.1) is 4.83 Å². The van der Waals surface area contributed by atoms with E-state index in [-0.39, 0.29) is 4.83 Å². The molecule has 0 aliphatic rings. The first-order chi connectivity index (χ1) is 5.06. The predicted octanol–water partition coefficient (Wildman–Crippen LogP) is 2.56. The third-order valence-corrected chi connectivity index (χ3v) is 2.42. The summed E-state index contributed by atoms with van der Waals surface area (Å²) in [6.45, 7) is 9.24. The first-order valence-corrected chi connectivity index (χ1v) is 4.90. The van der Waals surface area contributed by atoms with Crippen LogP contribution in [0.25, 0.3) is 0 Å². The topological polar surface area (TPSA) is 18.5 Å². The van der Waals surface area contributed by atoms with Crippen LogP contribution in [0.2, 0.25) is 0 Å². The van der Waals surface area contributed by atoms with Crippen molar-refractivity contribution < 1.29 is 9.47 Å². The first kappa shape index (κ1) is 11.4. The maximum absolute atomic E-state index is 5.46. The Hall–Kier alpha value is 0.400. The van der Waals surface area contributed by atoms with E-state index >= 15 is 0 Å². The quantitative estimate of drug-likeness (QED) is 0.528. The number of ether oxygens (including phenoxy) is 2. The summed E-state index contributed by atoms with van der Waals surface area (Å²) in [5.74, 6) is -0.483. The molecule has 0 saturated carbocycles. The molecule has 2 nitrogen and oxygen atoms in total. The summed E-state index contributed by atoms with van der Waals surface area (Å²) in [6, 6.07) is 0. The van der Waals surface area contributed by atoms with Crippen molar-refractivity contribution in [3.63, 3.8) is 0 Å². The number of rotatable bonds is 5. The molecular formula is C8H17BrO2. The minimum atomic E-state index is -0.483. The molecule has 0 bridgehead atoms. The fourth-order valence-corrected chi connectivity index (χ4v) is 1.11. The van der Waals surface area contributed by atoms with Crippen molar-refractivity contribution in [3.8, 4) is 0 Å². The van der Waals surface area contributed by atoms with Gasteiger partial charge in [-0.05, 0) is 27.7 Å². The first-order valence-electron chi connectivity index (χ1n) is 3.98. The Kier molecular flexibility index (Phi) is 5.30. The van der Waals surface area contributed by atoms with Crippen LogP contribution in [0.1, 0.15) is 27.7 Å². The molecule has 0 saturated heterocycles. The second kappa shape index (κ2) is 5.12. The van der Waals surface area contributed by atoms with Gasteiger partial charge in [-0.2, -0.15) is 0 Å². The molecule has 11 heavy (non-hydrogen) atoms. The average Bonchev–Trinajstić information content (AvgIpc) is 1.88. The van der Waals surface area contributed by atoms with E-state index in [0.29, 0.717) is 13.2 Å². The molecule has 0 aromatic rings. The number of alkyl halides is 1. The van der Waals surface area contributed by atoms with Crippen molar-refractivity contribution in [1.29, 1.82) is 0 Å². The van der Waals surface area contributed by atoms with E-state index in [1.807, 2.05) is 27.7 Å². The Morgan fingerprint density at radius 3 is 1.82 bits per heavy atom. The Labute approximate surface area is 77.4 Å². The van der Waals surface area contributed by atoms with Crippen molar-refractivity contribution >= 4 is 15.9 Å². The standard InChI is InChI=1S/C8H17BrO2/c1-5-10-8(4,7(3)9)11-6-2/h7H,5-6H2,1-4H3. The van der Waals surface area contributed by atoms with E-state index in [4.69, 9.17) is 9.47 Å². The molecule has 1 atom stereocenters. The largest absolute Gasteiger partial charge is 0.349 e. The average molecular weight is 225 g/mol. The van der Waals surface area contributed by atoms with E-state index in [2.05, 4.69) is 15.9 Å². The normalized spacial score (nSPS) is 15.0. The highest BCUT2D eigenvalue weighted by atomic mass is 79.9. The van der Waals surface area contributed by atoms with Gasteiger partial charge in [-0.1, -0.05) is 15.9 Å². The summed E-state index contributed by atoms with van der Waals surface area (Å²) < 4.78 is 10.9. The van der Waals surface area contributed by atoms with Gasteiger partial charge in [-0.3, -0.25) is 0 Å². The molecular weight excluding hydrogens is 208 g/mol. The Bertz CT molecular complexity index is 98.3. The molecule has 0 spiro atoms. The van der Waals surface area contributed by atoms with E-state index < -0.39 is 5.79 Å². The molecule has 0 aromatic heterocycles. The summed E-state index contributed by atoms with van der Waals surface area (Å²) in [7, 11) is 0. The smallest absolute Gasteiger partial charge is 0.177 e. The van der Waals surface area contributed by atoms with Gasteiger partial charge in [0.15, 0.2) is 5.79 Å². The zero-order valence-corrected chi connectivity index (χ0v) is 9.27. The van der Waals surface area contributed by atoms with Gasteiger partial charge < -0.3 is 9.47 Å². The molecule has 1 unspecified atom stereocenters. The van der Waals surface area contributed by atoms with Crippen LogP contribution in [-0.4, -0.2) is 23.8 Å². The van der Waals surface area contributed by atoms with Crippen LogP contribution in [0.5, 0.6) is 0 Å². The van der Waals surface area contributed by atoms with Crippen LogP contribution >= 0.6 is 15.9 Å². The van der Waals surface area contributed by atoms with Gasteiger partial charge in [0.2, 0.25) is 0 Å². The summed E-state index contributed by atoms with van der Waals surface area (Å²) in [5.41, 5.74) is 0. The highest BCUT2D eigenvalue weighted by molar-refractivity contribution is 9.09. The van der Waals surface area contributed by atoms with Crippen LogP contribution < -0.4 is 0 Å². The molecule has 0 radical (unpaired) electrons. The minimum Gasteiger partial charge on any atom is -0.349 e. The molecule has 3 heteroatoms. The highest BCUT2D eigenvalue weighted by Gasteiger charge is 2.30. The molecule has 0 heterocycles. The van der Waals surface area contributed by atoms with Crippen LogP contribution in [0.3, 0.4) is 0 Å². The van der Waals surface area contributed by atoms with E-state index in [0.717, 1.165) is 0 Å². The Morgan fingerprint density at radius 1 is 1.27 bits per heavy atom. The maximum atomic E-state index is 5.46. The summed E-state index contributed by atoms with van der Waals surface area (Å²) in [5, 5.41) is 0. The molecule has 0 aromatic carbocycles. The monoisotopic (exact) mass is 224 g/mol. The fraction of sp³-hybridized carbons (Fsp3) is 1.00. The summed E-state index contributed by atoms with van der Waals surface area (Å²) >= 11 is 3.45. The lowest BCUT2D eigenvalue weighted by Gasteiger charge is -2.31. The maximum Gasteiger partial charge on any atom is 0.177 e. The molecule has 0 aliphatic heterocycles. The van der Waals surface area contributed by atoms with Crippen LogP contribution in [0, 0.1) is 0 Å². The lowest BCUT2D eigenvalue weighted by molar-refractivity contribution is -0.217. The lowest BCUT2D eigenvalue weighted by Crippen LogP contribution is -2.40. The van der Waals surface area contributed by atoms with Crippen molar-refractivity contribution in [2.75, 3.05) is 13.2 Å². The fourth-order valence-electron chi connectivity index (χ4n) is 0.845. The second-order valence-electron chi connectivity index (χ2n) is 2.50. The van der Waals surface area contributed by atoms with Crippen LogP contribution in [0.4, 0.5) is 0 Å². The van der Waals surface area contributed by atoms with Gasteiger partial charge in [0.1, 0.15) is 0 Å². The van der Waals surface area contributed by atoms with Gasteiger partial charge in [-0.15, -0.1) is 0 Å². The molecule has 0 rings (SSSR count). The highest BCUT2D eigenvalue weighted by Crippen LogP contribution is 2.23. The van der Waals surface area contributed by atoms with E-state index in [9.17, 15) is 0 Å². The third-order valence-electron chi connectivity index (χ3n) is 1.58. The van der Waals surface area contributed by atoms with Gasteiger partial charge in [-0.25, -0.2) is 0 Å². The van der Waals surface area contributed by atoms with Crippen molar-refractivity contribution in [3.05, 3.63) is 0 Å². The zero-order valence-electron chi connectivity index (χ0n) is 7.69. The minimum absolute atomic E-state index is 0.204. The molecule has 0 N–H and O–H groups in total. The lowest BCUT2D eigenvalue weighted by atomic mass is 10.2. The van der Waals surface area contributed by atoms with Crippen LogP contribution in [-0.2, 0) is 9.47 Å². The van der Waals surface area contributed by atoms with Crippen molar-refractivity contribution in [2.45, 2.75) is 38.3 Å². The number of halogens is 1. The van der Waals surface area contributed by atoms with Crippen molar-refractivity contribution in [2.24, 2.45) is 0 Å².